The van der Waals surface area contributed by atoms with Gasteiger partial charge >= 0.3 is 0 Å². The summed E-state index contributed by atoms with van der Waals surface area (Å²) < 4.78 is 1.87. The molecule has 2 heterocycles. The number of nitrogens with zero attached hydrogens (tertiary/aromatic N) is 3. The maximum Gasteiger partial charge on any atom is 0.267 e. The molecule has 26 heavy (non-hydrogen) atoms. The molecule has 4 rings (SSSR count). The van der Waals surface area contributed by atoms with Crippen molar-refractivity contribution in [2.24, 2.45) is 0 Å². The first-order valence-electron chi connectivity index (χ1n) is 8.12. The molecule has 0 unspecified atom stereocenters. The number of hydrogen-bond acceptors (Lipinski definition) is 4. The van der Waals surface area contributed by atoms with E-state index < -0.39 is 0 Å². The monoisotopic (exact) mass is 360 g/mol. The molecule has 5 nitrogen and oxygen atoms in total. The lowest BCUT2D eigenvalue weighted by Crippen LogP contribution is -2.12. The number of carbonyl (C=O) groups excluding carboxylic acids is 1. The first-order valence-corrected chi connectivity index (χ1v) is 8.94. The molecule has 0 saturated heterocycles. The average molecular weight is 360 g/mol. The van der Waals surface area contributed by atoms with Crippen LogP contribution in [-0.2, 0) is 0 Å². The van der Waals surface area contributed by atoms with E-state index in [0.717, 1.165) is 27.5 Å². The van der Waals surface area contributed by atoms with Gasteiger partial charge in [-0.15, -0.1) is 11.3 Å². The lowest BCUT2D eigenvalue weighted by Gasteiger charge is -2.12. The molecule has 0 fully saturated rings. The Kier molecular flexibility index (Phi) is 4.33. The van der Waals surface area contributed by atoms with E-state index >= 15 is 0 Å². The fraction of sp³-hybridized carbons (Fsp3) is 0.0500. The van der Waals surface area contributed by atoms with Crippen molar-refractivity contribution in [2.45, 2.75) is 6.92 Å². The normalized spacial score (nSPS) is 10.7. The molecule has 128 valence electrons. The van der Waals surface area contributed by atoms with Crippen molar-refractivity contribution in [1.82, 2.24) is 14.5 Å². The first-order chi connectivity index (χ1) is 12.7. The number of thiazole rings is 1. The quantitative estimate of drug-likeness (QED) is 0.580. The number of hydrogen-bond donors (Lipinski definition) is 1. The molecule has 0 aliphatic heterocycles. The lowest BCUT2D eigenvalue weighted by atomic mass is 10.2. The Morgan fingerprint density at radius 2 is 2.00 bits per heavy atom. The predicted octanol–water partition coefficient (Wildman–Crippen LogP) is 4.56. The second kappa shape index (κ2) is 6.93. The summed E-state index contributed by atoms with van der Waals surface area (Å²) in [6.07, 6.45) is 6.89. The van der Waals surface area contributed by atoms with E-state index in [1.165, 1.54) is 11.3 Å². The number of carbonyl (C=O) groups is 1. The van der Waals surface area contributed by atoms with E-state index in [1.807, 2.05) is 66.2 Å². The molecule has 2 aromatic heterocycles. The van der Waals surface area contributed by atoms with E-state index in [1.54, 1.807) is 18.7 Å². The summed E-state index contributed by atoms with van der Waals surface area (Å²) >= 11 is 1.38. The van der Waals surface area contributed by atoms with E-state index in [0.29, 0.717) is 4.88 Å². The molecule has 0 radical (unpaired) electrons. The highest BCUT2D eigenvalue weighted by atomic mass is 32.1. The summed E-state index contributed by atoms with van der Waals surface area (Å²) in [6.45, 7) is 1.99. The third kappa shape index (κ3) is 3.27. The maximum absolute atomic E-state index is 12.7. The van der Waals surface area contributed by atoms with Crippen molar-refractivity contribution < 1.29 is 4.79 Å². The van der Waals surface area contributed by atoms with Gasteiger partial charge in [-0.2, -0.15) is 0 Å². The van der Waals surface area contributed by atoms with Gasteiger partial charge in [-0.05, 0) is 24.6 Å². The molecule has 6 heteroatoms. The van der Waals surface area contributed by atoms with Gasteiger partial charge in [0.15, 0.2) is 0 Å². The minimum absolute atomic E-state index is 0.170. The van der Waals surface area contributed by atoms with Crippen LogP contribution < -0.4 is 5.32 Å². The average Bonchev–Trinajstić information content (AvgIpc) is 3.35. The first kappa shape index (κ1) is 16.2. The van der Waals surface area contributed by atoms with Crippen molar-refractivity contribution in [3.05, 3.63) is 83.9 Å². The number of rotatable bonds is 4. The molecule has 0 aliphatic rings. The smallest absolute Gasteiger partial charge is 0.267 e. The van der Waals surface area contributed by atoms with Gasteiger partial charge in [0.05, 0.1) is 23.9 Å². The molecule has 0 aliphatic carbocycles. The predicted molar refractivity (Wildman–Crippen MR) is 104 cm³/mol. The number of amides is 1. The largest absolute Gasteiger partial charge is 0.319 e. The number of anilines is 1. The molecule has 1 amide bonds. The summed E-state index contributed by atoms with van der Waals surface area (Å²) in [5.41, 5.74) is 3.68. The maximum atomic E-state index is 12.7. The molecule has 0 saturated carbocycles. The van der Waals surface area contributed by atoms with E-state index in [-0.39, 0.29) is 5.91 Å². The van der Waals surface area contributed by atoms with Gasteiger partial charge in [-0.25, -0.2) is 9.97 Å². The van der Waals surface area contributed by atoms with E-state index in [4.69, 9.17) is 0 Å². The summed E-state index contributed by atoms with van der Waals surface area (Å²) in [5, 5.41) is 3.83. The third-order valence-corrected chi connectivity index (χ3v) is 4.98. The zero-order valence-electron chi connectivity index (χ0n) is 14.1. The van der Waals surface area contributed by atoms with Gasteiger partial charge in [-0.3, -0.25) is 4.79 Å². The van der Waals surface area contributed by atoms with Crippen molar-refractivity contribution in [3.63, 3.8) is 0 Å². The van der Waals surface area contributed by atoms with Crippen molar-refractivity contribution in [2.75, 3.05) is 5.32 Å². The fourth-order valence-electron chi connectivity index (χ4n) is 2.65. The van der Waals surface area contributed by atoms with Crippen LogP contribution in [0.15, 0.2) is 73.4 Å². The van der Waals surface area contributed by atoms with Crippen molar-refractivity contribution >= 4 is 22.9 Å². The Balaban J connectivity index is 1.61. The van der Waals surface area contributed by atoms with Gasteiger partial charge in [0.2, 0.25) is 0 Å². The highest BCUT2D eigenvalue weighted by molar-refractivity contribution is 7.17. The molecular weight excluding hydrogens is 344 g/mol. The van der Waals surface area contributed by atoms with Crippen LogP contribution in [0.4, 0.5) is 5.69 Å². The van der Waals surface area contributed by atoms with Crippen molar-refractivity contribution in [3.8, 4) is 16.3 Å². The summed E-state index contributed by atoms with van der Waals surface area (Å²) in [7, 11) is 0. The third-order valence-electron chi connectivity index (χ3n) is 3.93. The molecule has 0 atom stereocenters. The van der Waals surface area contributed by atoms with E-state index in [9.17, 15) is 4.79 Å². The van der Waals surface area contributed by atoms with Gasteiger partial charge in [0.25, 0.3) is 5.91 Å². The Hall–Kier alpha value is -3.25. The van der Waals surface area contributed by atoms with Crippen LogP contribution in [0, 0.1) is 6.92 Å². The van der Waals surface area contributed by atoms with Crippen LogP contribution in [0.5, 0.6) is 0 Å². The number of imidazole rings is 1. The Labute approximate surface area is 155 Å². The highest BCUT2D eigenvalue weighted by Crippen LogP contribution is 2.27. The van der Waals surface area contributed by atoms with E-state index in [2.05, 4.69) is 15.3 Å². The minimum Gasteiger partial charge on any atom is -0.319 e. The lowest BCUT2D eigenvalue weighted by molar-refractivity contribution is 0.103. The SMILES string of the molecule is Cc1ccc(-n2ccnc2)c(NC(=O)c2cnc(-c3ccccc3)s2)c1. The van der Waals surface area contributed by atoms with Crippen LogP contribution >= 0.6 is 11.3 Å². The molecule has 0 bridgehead atoms. The summed E-state index contributed by atoms with van der Waals surface area (Å²) in [5.74, 6) is -0.170. The van der Waals surface area contributed by atoms with Gasteiger partial charge in [-0.1, -0.05) is 36.4 Å². The summed E-state index contributed by atoms with van der Waals surface area (Å²) in [4.78, 5) is 21.8. The van der Waals surface area contributed by atoms with Crippen LogP contribution in [-0.4, -0.2) is 20.4 Å². The molecule has 4 aromatic rings. The number of nitrogens with one attached hydrogen (secondary N) is 1. The van der Waals surface area contributed by atoms with Crippen molar-refractivity contribution in [1.29, 1.82) is 0 Å². The fourth-order valence-corrected chi connectivity index (χ4v) is 3.47. The molecule has 1 N–H and O–H groups in total. The second-order valence-corrected chi connectivity index (χ2v) is 6.87. The molecule has 2 aromatic carbocycles. The van der Waals surface area contributed by atoms with Crippen LogP contribution in [0.25, 0.3) is 16.3 Å². The Morgan fingerprint density at radius 3 is 2.77 bits per heavy atom. The zero-order chi connectivity index (χ0) is 17.9. The zero-order valence-corrected chi connectivity index (χ0v) is 14.9. The van der Waals surface area contributed by atoms with Crippen LogP contribution in [0.3, 0.4) is 0 Å². The number of benzene rings is 2. The highest BCUT2D eigenvalue weighted by Gasteiger charge is 2.14. The van der Waals surface area contributed by atoms with Crippen LogP contribution in [0.1, 0.15) is 15.2 Å². The number of aryl methyl sites for hydroxylation is 1. The Bertz CT molecular complexity index is 1040. The summed E-state index contributed by atoms with van der Waals surface area (Å²) in [6, 6.07) is 15.8. The van der Waals surface area contributed by atoms with Gasteiger partial charge < -0.3 is 9.88 Å². The van der Waals surface area contributed by atoms with Gasteiger partial charge in [0, 0.05) is 18.0 Å². The van der Waals surface area contributed by atoms with Gasteiger partial charge in [0.1, 0.15) is 9.88 Å². The molecule has 0 spiro atoms. The standard InChI is InChI=1S/C20H16N4OS/c1-14-7-8-17(24-10-9-21-13-24)16(11-14)23-19(25)18-12-22-20(26-18)15-5-3-2-4-6-15/h2-13H,1H3,(H,23,25). The number of aromatic nitrogens is 3. The van der Waals surface area contributed by atoms with Crippen LogP contribution in [0.2, 0.25) is 0 Å². The Morgan fingerprint density at radius 1 is 1.15 bits per heavy atom. The minimum atomic E-state index is -0.170. The second-order valence-electron chi connectivity index (χ2n) is 5.84. The topological polar surface area (TPSA) is 59.8 Å². The molecular formula is C20H16N4OS.